The largest absolute Gasteiger partial charge is 0.479 e. The Morgan fingerprint density at radius 3 is 2.44 bits per heavy atom. The molecule has 6 nitrogen and oxygen atoms in total. The fourth-order valence-corrected chi connectivity index (χ4v) is 2.40. The van der Waals surface area contributed by atoms with Gasteiger partial charge in [-0.2, -0.15) is 0 Å². The average Bonchev–Trinajstić information content (AvgIpc) is 2.39. The first-order valence-electron chi connectivity index (χ1n) is 6.30. The summed E-state index contributed by atoms with van der Waals surface area (Å²) in [4.78, 5) is 22.9. The second-order valence-electron chi connectivity index (χ2n) is 4.82. The molecule has 0 aliphatic heterocycles. The number of methoxy groups -OCH3 is 1. The standard InChI is InChI=1S/C12H22N2O4/c1-18-9(10(15)16)7-14-11(17)12(8-13)5-3-2-4-6-12/h9H,2-8,13H2,1H3,(H,14,17)(H,15,16). The van der Waals surface area contributed by atoms with Crippen molar-refractivity contribution in [3.05, 3.63) is 0 Å². The molecule has 0 spiro atoms. The summed E-state index contributed by atoms with van der Waals surface area (Å²) in [6.45, 7) is 0.288. The molecule has 0 saturated heterocycles. The lowest BCUT2D eigenvalue weighted by Crippen LogP contribution is -2.49. The molecule has 0 aromatic heterocycles. The molecule has 0 heterocycles. The van der Waals surface area contributed by atoms with Gasteiger partial charge in [0.25, 0.3) is 0 Å². The van der Waals surface area contributed by atoms with Crippen LogP contribution < -0.4 is 11.1 Å². The molecule has 1 saturated carbocycles. The number of carbonyl (C=O) groups is 2. The summed E-state index contributed by atoms with van der Waals surface area (Å²) in [5.74, 6) is -1.23. The molecule has 0 bridgehead atoms. The molecule has 0 aromatic carbocycles. The molecular weight excluding hydrogens is 236 g/mol. The third-order valence-electron chi connectivity index (χ3n) is 3.69. The summed E-state index contributed by atoms with van der Waals surface area (Å²) in [5, 5.41) is 11.5. The lowest BCUT2D eigenvalue weighted by molar-refractivity contribution is -0.148. The number of hydrogen-bond donors (Lipinski definition) is 3. The molecule has 1 fully saturated rings. The van der Waals surface area contributed by atoms with E-state index < -0.39 is 17.5 Å². The van der Waals surface area contributed by atoms with Crippen LogP contribution in [-0.4, -0.2) is 43.3 Å². The number of carboxylic acid groups (broad SMARTS) is 1. The highest BCUT2D eigenvalue weighted by molar-refractivity contribution is 5.83. The van der Waals surface area contributed by atoms with Crippen LogP contribution in [0.5, 0.6) is 0 Å². The third-order valence-corrected chi connectivity index (χ3v) is 3.69. The third kappa shape index (κ3) is 3.43. The number of ether oxygens (including phenoxy) is 1. The molecule has 1 amide bonds. The molecule has 104 valence electrons. The van der Waals surface area contributed by atoms with Gasteiger partial charge in [-0.05, 0) is 12.8 Å². The zero-order valence-electron chi connectivity index (χ0n) is 10.8. The summed E-state index contributed by atoms with van der Waals surface area (Å²) in [5.41, 5.74) is 5.21. The van der Waals surface area contributed by atoms with E-state index in [-0.39, 0.29) is 12.5 Å². The first kappa shape index (κ1) is 14.9. The van der Waals surface area contributed by atoms with Crippen LogP contribution in [0.3, 0.4) is 0 Å². The van der Waals surface area contributed by atoms with Gasteiger partial charge in [-0.1, -0.05) is 19.3 Å². The highest BCUT2D eigenvalue weighted by Gasteiger charge is 2.38. The molecule has 1 unspecified atom stereocenters. The number of nitrogens with two attached hydrogens (primary N) is 1. The summed E-state index contributed by atoms with van der Waals surface area (Å²) >= 11 is 0. The number of amides is 1. The van der Waals surface area contributed by atoms with Crippen LogP contribution in [0.1, 0.15) is 32.1 Å². The number of nitrogens with one attached hydrogen (secondary N) is 1. The lowest BCUT2D eigenvalue weighted by atomic mass is 9.73. The summed E-state index contributed by atoms with van der Waals surface area (Å²) in [6.07, 6.45) is 3.67. The summed E-state index contributed by atoms with van der Waals surface area (Å²) in [6, 6.07) is 0. The lowest BCUT2D eigenvalue weighted by Gasteiger charge is -2.34. The number of rotatable bonds is 6. The van der Waals surface area contributed by atoms with Crippen molar-refractivity contribution >= 4 is 11.9 Å². The first-order valence-corrected chi connectivity index (χ1v) is 6.30. The van der Waals surface area contributed by atoms with E-state index in [0.717, 1.165) is 32.1 Å². The number of carbonyl (C=O) groups excluding carboxylic acids is 1. The number of hydrogen-bond acceptors (Lipinski definition) is 4. The predicted octanol–water partition coefficient (Wildman–Crippen LogP) is 0.111. The molecule has 1 aliphatic rings. The van der Waals surface area contributed by atoms with E-state index in [0.29, 0.717) is 6.54 Å². The Kier molecular flexibility index (Phi) is 5.55. The predicted molar refractivity (Wildman–Crippen MR) is 66.0 cm³/mol. The maximum Gasteiger partial charge on any atom is 0.334 e. The number of carboxylic acids is 1. The van der Waals surface area contributed by atoms with Crippen molar-refractivity contribution < 1.29 is 19.4 Å². The number of aliphatic carboxylic acids is 1. The monoisotopic (exact) mass is 258 g/mol. The van der Waals surface area contributed by atoms with E-state index in [1.54, 1.807) is 0 Å². The zero-order chi connectivity index (χ0) is 13.6. The Balaban J connectivity index is 2.54. The molecular formula is C12H22N2O4. The fraction of sp³-hybridized carbons (Fsp3) is 0.833. The van der Waals surface area contributed by atoms with E-state index in [2.05, 4.69) is 5.32 Å². The highest BCUT2D eigenvalue weighted by Crippen LogP contribution is 2.35. The Bertz CT molecular complexity index is 300. The Morgan fingerprint density at radius 1 is 1.39 bits per heavy atom. The van der Waals surface area contributed by atoms with Gasteiger partial charge in [0.15, 0.2) is 6.10 Å². The van der Waals surface area contributed by atoms with Gasteiger partial charge in [0.2, 0.25) is 5.91 Å². The van der Waals surface area contributed by atoms with Crippen molar-refractivity contribution in [2.45, 2.75) is 38.2 Å². The van der Waals surface area contributed by atoms with E-state index in [9.17, 15) is 9.59 Å². The Morgan fingerprint density at radius 2 is 2.00 bits per heavy atom. The van der Waals surface area contributed by atoms with Crippen LogP contribution in [-0.2, 0) is 14.3 Å². The van der Waals surface area contributed by atoms with E-state index >= 15 is 0 Å². The van der Waals surface area contributed by atoms with Gasteiger partial charge in [0.05, 0.1) is 12.0 Å². The minimum atomic E-state index is -1.08. The maximum absolute atomic E-state index is 12.2. The van der Waals surface area contributed by atoms with Crippen molar-refractivity contribution in [3.63, 3.8) is 0 Å². The van der Waals surface area contributed by atoms with E-state index in [4.69, 9.17) is 15.6 Å². The SMILES string of the molecule is COC(CNC(=O)C1(CN)CCCCC1)C(=O)O. The van der Waals surface area contributed by atoms with Crippen LogP contribution in [0.4, 0.5) is 0 Å². The molecule has 6 heteroatoms. The van der Waals surface area contributed by atoms with Gasteiger partial charge in [0.1, 0.15) is 0 Å². The second kappa shape index (κ2) is 6.70. The van der Waals surface area contributed by atoms with Crippen molar-refractivity contribution in [3.8, 4) is 0 Å². The minimum Gasteiger partial charge on any atom is -0.479 e. The quantitative estimate of drug-likeness (QED) is 0.627. The zero-order valence-corrected chi connectivity index (χ0v) is 10.8. The van der Waals surface area contributed by atoms with Crippen LogP contribution >= 0.6 is 0 Å². The molecule has 1 rings (SSSR count). The Hall–Kier alpha value is -1.14. The average molecular weight is 258 g/mol. The molecule has 0 aromatic rings. The van der Waals surface area contributed by atoms with E-state index in [1.807, 2.05) is 0 Å². The fourth-order valence-electron chi connectivity index (χ4n) is 2.40. The van der Waals surface area contributed by atoms with Crippen LogP contribution in [0, 0.1) is 5.41 Å². The van der Waals surface area contributed by atoms with Gasteiger partial charge in [-0.15, -0.1) is 0 Å². The normalized spacial score (nSPS) is 20.1. The minimum absolute atomic E-state index is 0.0214. The summed E-state index contributed by atoms with van der Waals surface area (Å²) < 4.78 is 4.77. The van der Waals surface area contributed by atoms with E-state index in [1.165, 1.54) is 7.11 Å². The van der Waals surface area contributed by atoms with Gasteiger partial charge in [-0.3, -0.25) is 4.79 Å². The molecule has 18 heavy (non-hydrogen) atoms. The van der Waals surface area contributed by atoms with Gasteiger partial charge >= 0.3 is 5.97 Å². The topological polar surface area (TPSA) is 102 Å². The molecule has 1 aliphatic carbocycles. The molecule has 4 N–H and O–H groups in total. The van der Waals surface area contributed by atoms with Crippen molar-refractivity contribution in [1.82, 2.24) is 5.32 Å². The first-order chi connectivity index (χ1) is 8.55. The highest BCUT2D eigenvalue weighted by atomic mass is 16.5. The van der Waals surface area contributed by atoms with Crippen LogP contribution in [0.15, 0.2) is 0 Å². The summed E-state index contributed by atoms with van der Waals surface area (Å²) in [7, 11) is 1.31. The van der Waals surface area contributed by atoms with Crippen molar-refractivity contribution in [2.24, 2.45) is 11.1 Å². The van der Waals surface area contributed by atoms with Gasteiger partial charge in [-0.25, -0.2) is 4.79 Å². The van der Waals surface area contributed by atoms with Gasteiger partial charge < -0.3 is 20.9 Å². The van der Waals surface area contributed by atoms with Crippen LogP contribution in [0.25, 0.3) is 0 Å². The van der Waals surface area contributed by atoms with Crippen LogP contribution in [0.2, 0.25) is 0 Å². The molecule has 0 radical (unpaired) electrons. The second-order valence-corrected chi connectivity index (χ2v) is 4.82. The smallest absolute Gasteiger partial charge is 0.334 e. The van der Waals surface area contributed by atoms with Crippen molar-refractivity contribution in [1.29, 1.82) is 0 Å². The maximum atomic E-state index is 12.2. The van der Waals surface area contributed by atoms with Gasteiger partial charge in [0, 0.05) is 13.7 Å². The Labute approximate surface area is 107 Å². The van der Waals surface area contributed by atoms with Crippen molar-refractivity contribution in [2.75, 3.05) is 20.2 Å². The molecule has 1 atom stereocenters.